The molecule has 1 unspecified atom stereocenters. The lowest BCUT2D eigenvalue weighted by atomic mass is 9.97. The maximum atomic E-state index is 13.6. The van der Waals surface area contributed by atoms with Gasteiger partial charge in [0, 0.05) is 23.2 Å². The minimum Gasteiger partial charge on any atom is -0.366 e. The standard InChI is InChI=1S/C24H19N3O2/c25-23(28)18-11-5-4-10-17(18)21-24(29)27-14-13-16-9-6-12-19(22(16)27)20(26-21)15-7-2-1-3-8-15/h1-12,21H,13-14H2,(H2,25,28). The summed E-state index contributed by atoms with van der Waals surface area (Å²) in [5.74, 6) is -0.690. The minimum absolute atomic E-state index is 0.129. The Labute approximate surface area is 168 Å². The zero-order valence-electron chi connectivity index (χ0n) is 15.7. The maximum absolute atomic E-state index is 13.6. The molecule has 0 aliphatic carbocycles. The molecular weight excluding hydrogens is 362 g/mol. The van der Waals surface area contributed by atoms with E-state index in [4.69, 9.17) is 10.7 Å². The summed E-state index contributed by atoms with van der Waals surface area (Å²) in [6.07, 6.45) is 0.807. The molecule has 0 aromatic heterocycles. The molecule has 5 nitrogen and oxygen atoms in total. The van der Waals surface area contributed by atoms with Gasteiger partial charge in [0.2, 0.25) is 5.91 Å². The average molecular weight is 381 g/mol. The smallest absolute Gasteiger partial charge is 0.256 e. The minimum atomic E-state index is -0.827. The van der Waals surface area contributed by atoms with Crippen LogP contribution in [0.4, 0.5) is 5.69 Å². The number of benzene rings is 3. The van der Waals surface area contributed by atoms with Crippen LogP contribution < -0.4 is 10.6 Å². The molecule has 2 heterocycles. The first-order chi connectivity index (χ1) is 14.1. The predicted octanol–water partition coefficient (Wildman–Crippen LogP) is 3.27. The van der Waals surface area contributed by atoms with E-state index in [0.29, 0.717) is 17.7 Å². The van der Waals surface area contributed by atoms with Crippen molar-refractivity contribution in [1.29, 1.82) is 0 Å². The third-order valence-electron chi connectivity index (χ3n) is 5.58. The topological polar surface area (TPSA) is 75.8 Å². The summed E-state index contributed by atoms with van der Waals surface area (Å²) in [6, 6.07) is 22.1. The lowest BCUT2D eigenvalue weighted by molar-refractivity contribution is -0.119. The van der Waals surface area contributed by atoms with Gasteiger partial charge in [-0.05, 0) is 23.6 Å². The van der Waals surface area contributed by atoms with E-state index in [0.717, 1.165) is 34.5 Å². The molecule has 0 spiro atoms. The maximum Gasteiger partial charge on any atom is 0.256 e. The molecule has 5 heteroatoms. The number of hydrogen-bond donors (Lipinski definition) is 1. The molecule has 2 aliphatic heterocycles. The number of anilines is 1. The lowest BCUT2D eigenvalue weighted by Gasteiger charge is -2.21. The second-order valence-corrected chi connectivity index (χ2v) is 7.25. The number of hydrogen-bond acceptors (Lipinski definition) is 3. The van der Waals surface area contributed by atoms with Crippen molar-refractivity contribution in [3.8, 4) is 0 Å². The summed E-state index contributed by atoms with van der Waals surface area (Å²) < 4.78 is 0. The zero-order valence-corrected chi connectivity index (χ0v) is 15.7. The van der Waals surface area contributed by atoms with Gasteiger partial charge in [-0.3, -0.25) is 14.6 Å². The number of primary amides is 1. The Morgan fingerprint density at radius 3 is 2.52 bits per heavy atom. The highest BCUT2D eigenvalue weighted by Crippen LogP contribution is 2.39. The predicted molar refractivity (Wildman–Crippen MR) is 112 cm³/mol. The molecule has 3 aromatic rings. The van der Waals surface area contributed by atoms with Crippen LogP contribution >= 0.6 is 0 Å². The van der Waals surface area contributed by atoms with Crippen LogP contribution in [0, 0.1) is 0 Å². The number of carbonyl (C=O) groups is 2. The van der Waals surface area contributed by atoms with Gasteiger partial charge in [0.05, 0.1) is 11.4 Å². The van der Waals surface area contributed by atoms with Crippen molar-refractivity contribution in [3.63, 3.8) is 0 Å². The molecule has 0 radical (unpaired) electrons. The molecule has 2 amide bonds. The van der Waals surface area contributed by atoms with Crippen molar-refractivity contribution in [2.24, 2.45) is 10.7 Å². The van der Waals surface area contributed by atoms with E-state index < -0.39 is 11.9 Å². The van der Waals surface area contributed by atoms with Crippen molar-refractivity contribution < 1.29 is 9.59 Å². The van der Waals surface area contributed by atoms with E-state index in [9.17, 15) is 9.59 Å². The SMILES string of the molecule is NC(=O)c1ccccc1C1N=C(c2ccccc2)c2cccc3c2N(CC3)C1=O. The Balaban J connectivity index is 1.79. The first-order valence-corrected chi connectivity index (χ1v) is 9.61. The van der Waals surface area contributed by atoms with Crippen LogP contribution in [0.2, 0.25) is 0 Å². The Morgan fingerprint density at radius 2 is 1.72 bits per heavy atom. The average Bonchev–Trinajstić information content (AvgIpc) is 3.14. The van der Waals surface area contributed by atoms with E-state index in [2.05, 4.69) is 6.07 Å². The van der Waals surface area contributed by atoms with Gasteiger partial charge in [0.1, 0.15) is 0 Å². The summed E-state index contributed by atoms with van der Waals surface area (Å²) in [4.78, 5) is 32.4. The molecule has 0 bridgehead atoms. The van der Waals surface area contributed by atoms with Crippen LogP contribution in [0.15, 0.2) is 77.8 Å². The van der Waals surface area contributed by atoms with E-state index in [1.807, 2.05) is 47.4 Å². The van der Waals surface area contributed by atoms with Gasteiger partial charge >= 0.3 is 0 Å². The molecule has 0 fully saturated rings. The quantitative estimate of drug-likeness (QED) is 0.756. The fourth-order valence-corrected chi connectivity index (χ4v) is 4.26. The normalized spacial score (nSPS) is 17.5. The lowest BCUT2D eigenvalue weighted by Crippen LogP contribution is -2.33. The highest BCUT2D eigenvalue weighted by Gasteiger charge is 2.38. The molecule has 2 aliphatic rings. The summed E-state index contributed by atoms with van der Waals surface area (Å²) in [5.41, 5.74) is 11.2. The van der Waals surface area contributed by atoms with E-state index in [1.165, 1.54) is 0 Å². The van der Waals surface area contributed by atoms with Crippen molar-refractivity contribution >= 4 is 23.2 Å². The van der Waals surface area contributed by atoms with Gasteiger partial charge < -0.3 is 10.6 Å². The third kappa shape index (κ3) is 2.74. The molecule has 1 atom stereocenters. The van der Waals surface area contributed by atoms with Crippen molar-refractivity contribution in [2.45, 2.75) is 12.5 Å². The molecule has 142 valence electrons. The molecule has 29 heavy (non-hydrogen) atoms. The van der Waals surface area contributed by atoms with Crippen LogP contribution in [0.1, 0.15) is 38.7 Å². The van der Waals surface area contributed by atoms with E-state index in [1.54, 1.807) is 24.3 Å². The van der Waals surface area contributed by atoms with Gasteiger partial charge in [0.25, 0.3) is 5.91 Å². The van der Waals surface area contributed by atoms with Gasteiger partial charge in [-0.15, -0.1) is 0 Å². The third-order valence-corrected chi connectivity index (χ3v) is 5.58. The van der Waals surface area contributed by atoms with E-state index >= 15 is 0 Å². The van der Waals surface area contributed by atoms with Crippen LogP contribution in [0.25, 0.3) is 0 Å². The fraction of sp³-hybridized carbons (Fsp3) is 0.125. The van der Waals surface area contributed by atoms with Gasteiger partial charge in [-0.2, -0.15) is 0 Å². The largest absolute Gasteiger partial charge is 0.366 e. The van der Waals surface area contributed by atoms with Crippen LogP contribution in [0.3, 0.4) is 0 Å². The second kappa shape index (κ2) is 6.71. The van der Waals surface area contributed by atoms with Gasteiger partial charge in [0.15, 0.2) is 6.04 Å². The van der Waals surface area contributed by atoms with Crippen molar-refractivity contribution in [2.75, 3.05) is 11.4 Å². The highest BCUT2D eigenvalue weighted by molar-refractivity contribution is 6.21. The Morgan fingerprint density at radius 1 is 0.966 bits per heavy atom. The van der Waals surface area contributed by atoms with Crippen LogP contribution in [-0.2, 0) is 11.2 Å². The first-order valence-electron chi connectivity index (χ1n) is 9.61. The number of amides is 2. The number of nitrogens with two attached hydrogens (primary N) is 1. The number of para-hydroxylation sites is 1. The van der Waals surface area contributed by atoms with Crippen molar-refractivity contribution in [1.82, 2.24) is 0 Å². The number of aliphatic imine (C=N–C) groups is 1. The Kier molecular flexibility index (Phi) is 4.02. The molecule has 2 N–H and O–H groups in total. The first kappa shape index (κ1) is 17.4. The van der Waals surface area contributed by atoms with Gasteiger partial charge in [-0.25, -0.2) is 0 Å². The Hall–Kier alpha value is -3.73. The van der Waals surface area contributed by atoms with Gasteiger partial charge in [-0.1, -0.05) is 66.7 Å². The second-order valence-electron chi connectivity index (χ2n) is 7.25. The van der Waals surface area contributed by atoms with Crippen molar-refractivity contribution in [3.05, 3.63) is 101 Å². The number of carbonyl (C=O) groups excluding carboxylic acids is 2. The molecule has 5 rings (SSSR count). The summed E-state index contributed by atoms with van der Waals surface area (Å²) in [7, 11) is 0. The number of nitrogens with zero attached hydrogens (tertiary/aromatic N) is 2. The number of rotatable bonds is 3. The Bertz CT molecular complexity index is 1170. The molecule has 3 aromatic carbocycles. The zero-order chi connectivity index (χ0) is 20.0. The molecular formula is C24H19N3O2. The van der Waals surface area contributed by atoms with Crippen LogP contribution in [-0.4, -0.2) is 24.1 Å². The summed E-state index contributed by atoms with van der Waals surface area (Å²) >= 11 is 0. The summed E-state index contributed by atoms with van der Waals surface area (Å²) in [6.45, 7) is 0.609. The fourth-order valence-electron chi connectivity index (χ4n) is 4.26. The molecule has 0 saturated heterocycles. The highest BCUT2D eigenvalue weighted by atomic mass is 16.2. The monoisotopic (exact) mass is 381 g/mol. The summed E-state index contributed by atoms with van der Waals surface area (Å²) in [5, 5.41) is 0. The molecule has 0 saturated carbocycles. The van der Waals surface area contributed by atoms with Crippen LogP contribution in [0.5, 0.6) is 0 Å². The van der Waals surface area contributed by atoms with E-state index in [-0.39, 0.29) is 5.91 Å².